The standard InChI is InChI=1S/C11H16BrNO3/c1-7(8-5-9(12)15-6-8)13-10(14)16-11(2,3)4/h5-7H,1-4H3,(H,13,14). The summed E-state index contributed by atoms with van der Waals surface area (Å²) in [6.07, 6.45) is 1.16. The van der Waals surface area contributed by atoms with Gasteiger partial charge in [0.05, 0.1) is 12.3 Å². The van der Waals surface area contributed by atoms with E-state index in [1.165, 1.54) is 0 Å². The van der Waals surface area contributed by atoms with Gasteiger partial charge in [0.25, 0.3) is 0 Å². The Morgan fingerprint density at radius 2 is 2.19 bits per heavy atom. The zero-order valence-corrected chi connectivity index (χ0v) is 11.4. The number of alkyl carbamates (subject to hydrolysis) is 1. The highest BCUT2D eigenvalue weighted by Crippen LogP contribution is 2.20. The quantitative estimate of drug-likeness (QED) is 0.905. The van der Waals surface area contributed by atoms with Crippen molar-refractivity contribution in [1.82, 2.24) is 5.32 Å². The summed E-state index contributed by atoms with van der Waals surface area (Å²) in [5, 5.41) is 2.72. The Balaban J connectivity index is 2.52. The number of carbonyl (C=O) groups excluding carboxylic acids is 1. The lowest BCUT2D eigenvalue weighted by atomic mass is 10.2. The van der Waals surface area contributed by atoms with Gasteiger partial charge in [-0.2, -0.15) is 0 Å². The van der Waals surface area contributed by atoms with E-state index < -0.39 is 11.7 Å². The second-order valence-corrected chi connectivity index (χ2v) is 5.33. The van der Waals surface area contributed by atoms with Crippen LogP contribution in [0, 0.1) is 0 Å². The molecule has 1 amide bonds. The van der Waals surface area contributed by atoms with Crippen molar-refractivity contribution in [3.63, 3.8) is 0 Å². The molecule has 1 atom stereocenters. The molecule has 0 aliphatic carbocycles. The first-order valence-corrected chi connectivity index (χ1v) is 5.80. The summed E-state index contributed by atoms with van der Waals surface area (Å²) < 4.78 is 10.9. The predicted molar refractivity (Wildman–Crippen MR) is 64.2 cm³/mol. The molecule has 0 radical (unpaired) electrons. The van der Waals surface area contributed by atoms with Crippen LogP contribution in [0.15, 0.2) is 21.4 Å². The number of hydrogen-bond donors (Lipinski definition) is 1. The van der Waals surface area contributed by atoms with Crippen LogP contribution in [0.3, 0.4) is 0 Å². The molecule has 0 spiro atoms. The number of carbonyl (C=O) groups is 1. The van der Waals surface area contributed by atoms with Crippen molar-refractivity contribution in [3.8, 4) is 0 Å². The highest BCUT2D eigenvalue weighted by molar-refractivity contribution is 9.10. The van der Waals surface area contributed by atoms with E-state index >= 15 is 0 Å². The number of furan rings is 1. The Morgan fingerprint density at radius 3 is 2.62 bits per heavy atom. The molecule has 90 valence electrons. The van der Waals surface area contributed by atoms with Crippen LogP contribution in [-0.2, 0) is 4.74 Å². The van der Waals surface area contributed by atoms with Crippen molar-refractivity contribution in [2.75, 3.05) is 0 Å². The minimum absolute atomic E-state index is 0.148. The van der Waals surface area contributed by atoms with E-state index in [2.05, 4.69) is 21.2 Å². The Kier molecular flexibility index (Phi) is 4.02. The maximum atomic E-state index is 11.5. The van der Waals surface area contributed by atoms with Crippen LogP contribution < -0.4 is 5.32 Å². The molecule has 1 aromatic rings. The molecule has 0 aliphatic rings. The highest BCUT2D eigenvalue weighted by atomic mass is 79.9. The van der Waals surface area contributed by atoms with Gasteiger partial charge in [-0.05, 0) is 49.7 Å². The number of ether oxygens (including phenoxy) is 1. The smallest absolute Gasteiger partial charge is 0.408 e. The van der Waals surface area contributed by atoms with E-state index in [1.807, 2.05) is 33.8 Å². The molecule has 16 heavy (non-hydrogen) atoms. The summed E-state index contributed by atoms with van der Waals surface area (Å²) in [5.74, 6) is 0. The fourth-order valence-electron chi connectivity index (χ4n) is 1.12. The normalized spacial score (nSPS) is 13.3. The molecule has 1 heterocycles. The molecule has 0 aromatic carbocycles. The van der Waals surface area contributed by atoms with Crippen molar-refractivity contribution in [2.24, 2.45) is 0 Å². The van der Waals surface area contributed by atoms with Crippen LogP contribution in [0.2, 0.25) is 0 Å². The van der Waals surface area contributed by atoms with E-state index in [4.69, 9.17) is 9.15 Å². The molecule has 5 heteroatoms. The van der Waals surface area contributed by atoms with E-state index in [-0.39, 0.29) is 6.04 Å². The maximum Gasteiger partial charge on any atom is 0.408 e. The molecule has 1 aromatic heterocycles. The Morgan fingerprint density at radius 1 is 1.56 bits per heavy atom. The molecule has 0 bridgehead atoms. The van der Waals surface area contributed by atoms with Crippen molar-refractivity contribution < 1.29 is 13.9 Å². The zero-order valence-electron chi connectivity index (χ0n) is 9.83. The highest BCUT2D eigenvalue weighted by Gasteiger charge is 2.18. The number of amides is 1. The Labute approximate surface area is 103 Å². The topological polar surface area (TPSA) is 51.5 Å². The van der Waals surface area contributed by atoms with E-state index in [0.29, 0.717) is 4.67 Å². The third-order valence-electron chi connectivity index (χ3n) is 1.82. The molecule has 0 saturated heterocycles. The zero-order chi connectivity index (χ0) is 12.3. The average Bonchev–Trinajstić information content (AvgIpc) is 2.47. The van der Waals surface area contributed by atoms with E-state index in [1.54, 1.807) is 6.26 Å². The molecular weight excluding hydrogens is 274 g/mol. The van der Waals surface area contributed by atoms with Gasteiger partial charge in [-0.25, -0.2) is 4.79 Å². The second-order valence-electron chi connectivity index (χ2n) is 4.55. The molecule has 4 nitrogen and oxygen atoms in total. The largest absolute Gasteiger partial charge is 0.457 e. The Hall–Kier alpha value is -0.970. The lowest BCUT2D eigenvalue weighted by molar-refractivity contribution is 0.0508. The monoisotopic (exact) mass is 289 g/mol. The van der Waals surface area contributed by atoms with Gasteiger partial charge in [0.2, 0.25) is 0 Å². The second kappa shape index (κ2) is 4.91. The van der Waals surface area contributed by atoms with Gasteiger partial charge in [0.1, 0.15) is 5.60 Å². The summed E-state index contributed by atoms with van der Waals surface area (Å²) >= 11 is 3.20. The summed E-state index contributed by atoms with van der Waals surface area (Å²) in [6.45, 7) is 7.34. The third-order valence-corrected chi connectivity index (χ3v) is 2.24. The van der Waals surface area contributed by atoms with Gasteiger partial charge in [-0.15, -0.1) is 0 Å². The van der Waals surface area contributed by atoms with E-state index in [0.717, 1.165) is 5.56 Å². The van der Waals surface area contributed by atoms with Gasteiger partial charge >= 0.3 is 6.09 Å². The van der Waals surface area contributed by atoms with Crippen LogP contribution in [0.5, 0.6) is 0 Å². The van der Waals surface area contributed by atoms with Gasteiger partial charge in [-0.3, -0.25) is 0 Å². The number of hydrogen-bond acceptors (Lipinski definition) is 3. The van der Waals surface area contributed by atoms with Crippen molar-refractivity contribution in [3.05, 3.63) is 22.6 Å². The number of rotatable bonds is 2. The summed E-state index contributed by atoms with van der Waals surface area (Å²) in [7, 11) is 0. The van der Waals surface area contributed by atoms with Crippen LogP contribution >= 0.6 is 15.9 Å². The van der Waals surface area contributed by atoms with E-state index in [9.17, 15) is 4.79 Å². The molecular formula is C11H16BrNO3. The molecule has 1 unspecified atom stereocenters. The molecule has 0 aliphatic heterocycles. The lowest BCUT2D eigenvalue weighted by Gasteiger charge is -2.21. The molecule has 0 saturated carbocycles. The summed E-state index contributed by atoms with van der Waals surface area (Å²) in [4.78, 5) is 11.5. The van der Waals surface area contributed by atoms with Gasteiger partial charge < -0.3 is 14.5 Å². The van der Waals surface area contributed by atoms with Crippen LogP contribution in [-0.4, -0.2) is 11.7 Å². The number of nitrogens with one attached hydrogen (secondary N) is 1. The van der Waals surface area contributed by atoms with Crippen molar-refractivity contribution in [1.29, 1.82) is 0 Å². The third kappa shape index (κ3) is 4.26. The summed E-state index contributed by atoms with van der Waals surface area (Å²) in [6, 6.07) is 1.66. The van der Waals surface area contributed by atoms with Crippen LogP contribution in [0.25, 0.3) is 0 Å². The molecule has 0 fully saturated rings. The fraction of sp³-hybridized carbons (Fsp3) is 0.545. The predicted octanol–water partition coefficient (Wildman–Crippen LogP) is 3.63. The van der Waals surface area contributed by atoms with Crippen LogP contribution in [0.4, 0.5) is 4.79 Å². The summed E-state index contributed by atoms with van der Waals surface area (Å²) in [5.41, 5.74) is 0.401. The SMILES string of the molecule is CC(NC(=O)OC(C)(C)C)c1coc(Br)c1. The average molecular weight is 290 g/mol. The first-order chi connectivity index (χ1) is 7.28. The van der Waals surface area contributed by atoms with Crippen LogP contribution in [0.1, 0.15) is 39.3 Å². The molecule has 1 N–H and O–H groups in total. The minimum atomic E-state index is -0.485. The lowest BCUT2D eigenvalue weighted by Crippen LogP contribution is -2.33. The minimum Gasteiger partial charge on any atom is -0.457 e. The van der Waals surface area contributed by atoms with Gasteiger partial charge in [-0.1, -0.05) is 0 Å². The van der Waals surface area contributed by atoms with Gasteiger partial charge in [0.15, 0.2) is 4.67 Å². The maximum absolute atomic E-state index is 11.5. The molecule has 1 rings (SSSR count). The number of halogens is 1. The fourth-order valence-corrected chi connectivity index (χ4v) is 1.48. The first-order valence-electron chi connectivity index (χ1n) is 5.01. The first kappa shape index (κ1) is 13.1. The Bertz CT molecular complexity index is 368. The van der Waals surface area contributed by atoms with Crippen molar-refractivity contribution >= 4 is 22.0 Å². The van der Waals surface area contributed by atoms with Crippen molar-refractivity contribution in [2.45, 2.75) is 39.3 Å². The van der Waals surface area contributed by atoms with Gasteiger partial charge in [0, 0.05) is 5.56 Å².